The molecule has 16 heavy (non-hydrogen) atoms. The van der Waals surface area contributed by atoms with Gasteiger partial charge in [0.05, 0.1) is 6.61 Å². The van der Waals surface area contributed by atoms with Crippen molar-refractivity contribution in [1.82, 2.24) is 0 Å². The minimum absolute atomic E-state index is 0.201. The van der Waals surface area contributed by atoms with Crippen LogP contribution in [0.1, 0.15) is 38.2 Å². The zero-order chi connectivity index (χ0) is 11.3. The number of halogens is 1. The van der Waals surface area contributed by atoms with Crippen LogP contribution in [0, 0.1) is 17.2 Å². The van der Waals surface area contributed by atoms with Gasteiger partial charge in [-0.1, -0.05) is 19.9 Å². The van der Waals surface area contributed by atoms with E-state index in [1.54, 1.807) is 6.07 Å². The maximum atomic E-state index is 13.2. The molecule has 1 nitrogen and oxygen atoms in total. The molecule has 1 aliphatic heterocycles. The SMILES string of the molecule is CC(C)C1c2ccc(F)cc2OCC12CC2. The summed E-state index contributed by atoms with van der Waals surface area (Å²) in [4.78, 5) is 0. The Kier molecular flexibility index (Phi) is 2.04. The fourth-order valence-electron chi connectivity index (χ4n) is 3.21. The van der Waals surface area contributed by atoms with Crippen molar-refractivity contribution in [2.45, 2.75) is 32.6 Å². The van der Waals surface area contributed by atoms with Gasteiger partial charge in [0.1, 0.15) is 11.6 Å². The van der Waals surface area contributed by atoms with Gasteiger partial charge in [-0.05, 0) is 36.3 Å². The first kappa shape index (κ1) is 10.1. The Balaban J connectivity index is 2.08. The summed E-state index contributed by atoms with van der Waals surface area (Å²) in [6.45, 7) is 5.28. The molecule has 1 aromatic rings. The Morgan fingerprint density at radius 2 is 2.12 bits per heavy atom. The fourth-order valence-corrected chi connectivity index (χ4v) is 3.21. The zero-order valence-electron chi connectivity index (χ0n) is 9.79. The molecule has 86 valence electrons. The van der Waals surface area contributed by atoms with Crippen LogP contribution in [0.2, 0.25) is 0 Å². The summed E-state index contributed by atoms with van der Waals surface area (Å²) in [6, 6.07) is 4.99. The molecular formula is C14H17FO. The molecule has 1 spiro atoms. The van der Waals surface area contributed by atoms with Gasteiger partial charge in [0.25, 0.3) is 0 Å². The molecule has 1 aromatic carbocycles. The van der Waals surface area contributed by atoms with Crippen LogP contribution in [0.5, 0.6) is 5.75 Å². The summed E-state index contributed by atoms with van der Waals surface area (Å²) in [5.74, 6) is 1.69. The molecule has 0 aromatic heterocycles. The van der Waals surface area contributed by atoms with Gasteiger partial charge < -0.3 is 4.74 Å². The topological polar surface area (TPSA) is 9.23 Å². The Morgan fingerprint density at radius 3 is 2.75 bits per heavy atom. The molecule has 1 saturated carbocycles. The molecule has 0 amide bonds. The van der Waals surface area contributed by atoms with Crippen molar-refractivity contribution in [2.24, 2.45) is 11.3 Å². The second-order valence-corrected chi connectivity index (χ2v) is 5.55. The third kappa shape index (κ3) is 1.35. The maximum Gasteiger partial charge on any atom is 0.126 e. The van der Waals surface area contributed by atoms with Gasteiger partial charge in [0.2, 0.25) is 0 Å². The Hall–Kier alpha value is -1.05. The van der Waals surface area contributed by atoms with Crippen molar-refractivity contribution in [3.05, 3.63) is 29.6 Å². The molecule has 1 atom stereocenters. The van der Waals surface area contributed by atoms with Crippen molar-refractivity contribution < 1.29 is 9.13 Å². The molecule has 0 bridgehead atoms. The molecule has 2 aliphatic rings. The number of hydrogen-bond acceptors (Lipinski definition) is 1. The molecule has 1 aliphatic carbocycles. The molecule has 3 rings (SSSR count). The second-order valence-electron chi connectivity index (χ2n) is 5.55. The molecule has 2 heteroatoms. The molecule has 0 N–H and O–H groups in total. The van der Waals surface area contributed by atoms with Gasteiger partial charge in [0, 0.05) is 11.5 Å². The highest BCUT2D eigenvalue weighted by molar-refractivity contribution is 5.42. The third-order valence-electron chi connectivity index (χ3n) is 4.04. The average molecular weight is 220 g/mol. The van der Waals surface area contributed by atoms with E-state index in [4.69, 9.17) is 4.74 Å². The normalized spacial score (nSPS) is 25.4. The van der Waals surface area contributed by atoms with Crippen LogP contribution in [0.4, 0.5) is 4.39 Å². The number of benzene rings is 1. The lowest BCUT2D eigenvalue weighted by Gasteiger charge is -2.36. The summed E-state index contributed by atoms with van der Waals surface area (Å²) in [5, 5.41) is 0. The number of fused-ring (bicyclic) bond motifs is 1. The van der Waals surface area contributed by atoms with Crippen molar-refractivity contribution in [3.8, 4) is 5.75 Å². The highest BCUT2D eigenvalue weighted by Gasteiger charge is 2.54. The van der Waals surface area contributed by atoms with E-state index in [0.29, 0.717) is 17.3 Å². The van der Waals surface area contributed by atoms with E-state index in [1.165, 1.54) is 24.5 Å². The highest BCUT2D eigenvalue weighted by Crippen LogP contribution is 2.62. The third-order valence-corrected chi connectivity index (χ3v) is 4.04. The standard InChI is InChI=1S/C14H17FO/c1-9(2)13-11-4-3-10(15)7-12(11)16-8-14(13)5-6-14/h3-4,7,9,13H,5-6,8H2,1-2H3. The summed E-state index contributed by atoms with van der Waals surface area (Å²) in [5.41, 5.74) is 1.57. The lowest BCUT2D eigenvalue weighted by Crippen LogP contribution is -2.30. The lowest BCUT2D eigenvalue weighted by atomic mass is 9.74. The van der Waals surface area contributed by atoms with E-state index in [1.807, 2.05) is 6.07 Å². The van der Waals surface area contributed by atoms with Gasteiger partial charge >= 0.3 is 0 Å². The van der Waals surface area contributed by atoms with E-state index in [9.17, 15) is 4.39 Å². The fraction of sp³-hybridized carbons (Fsp3) is 0.571. The van der Waals surface area contributed by atoms with Crippen LogP contribution in [0.25, 0.3) is 0 Å². The molecule has 1 fully saturated rings. The maximum absolute atomic E-state index is 13.2. The van der Waals surface area contributed by atoms with Gasteiger partial charge in [-0.25, -0.2) is 4.39 Å². The quantitative estimate of drug-likeness (QED) is 0.700. The van der Waals surface area contributed by atoms with Crippen LogP contribution in [0.15, 0.2) is 18.2 Å². The van der Waals surface area contributed by atoms with E-state index in [2.05, 4.69) is 13.8 Å². The Morgan fingerprint density at radius 1 is 1.38 bits per heavy atom. The monoisotopic (exact) mass is 220 g/mol. The van der Waals surface area contributed by atoms with Crippen molar-refractivity contribution in [3.63, 3.8) is 0 Å². The van der Waals surface area contributed by atoms with Crippen LogP contribution >= 0.6 is 0 Å². The predicted molar refractivity (Wildman–Crippen MR) is 61.1 cm³/mol. The molecule has 0 radical (unpaired) electrons. The van der Waals surface area contributed by atoms with Gasteiger partial charge in [-0.15, -0.1) is 0 Å². The van der Waals surface area contributed by atoms with Gasteiger partial charge in [-0.2, -0.15) is 0 Å². The minimum Gasteiger partial charge on any atom is -0.493 e. The van der Waals surface area contributed by atoms with E-state index in [0.717, 1.165) is 12.4 Å². The van der Waals surface area contributed by atoms with Crippen LogP contribution < -0.4 is 4.74 Å². The van der Waals surface area contributed by atoms with Crippen LogP contribution in [0.3, 0.4) is 0 Å². The summed E-state index contributed by atoms with van der Waals surface area (Å²) >= 11 is 0. The smallest absolute Gasteiger partial charge is 0.126 e. The van der Waals surface area contributed by atoms with Crippen molar-refractivity contribution >= 4 is 0 Å². The first-order valence-electron chi connectivity index (χ1n) is 6.05. The van der Waals surface area contributed by atoms with Crippen LogP contribution in [-0.4, -0.2) is 6.61 Å². The molecule has 1 unspecified atom stereocenters. The number of hydrogen-bond donors (Lipinski definition) is 0. The highest BCUT2D eigenvalue weighted by atomic mass is 19.1. The van der Waals surface area contributed by atoms with Gasteiger partial charge in [-0.3, -0.25) is 0 Å². The molecule has 1 heterocycles. The molecular weight excluding hydrogens is 203 g/mol. The summed E-state index contributed by atoms with van der Waals surface area (Å²) in [6.07, 6.45) is 2.51. The largest absolute Gasteiger partial charge is 0.493 e. The number of rotatable bonds is 1. The van der Waals surface area contributed by atoms with Gasteiger partial charge in [0.15, 0.2) is 0 Å². The first-order chi connectivity index (χ1) is 7.62. The van der Waals surface area contributed by atoms with E-state index >= 15 is 0 Å². The summed E-state index contributed by atoms with van der Waals surface area (Å²) in [7, 11) is 0. The predicted octanol–water partition coefficient (Wildman–Crippen LogP) is 3.74. The first-order valence-corrected chi connectivity index (χ1v) is 6.05. The van der Waals surface area contributed by atoms with E-state index < -0.39 is 0 Å². The van der Waals surface area contributed by atoms with Crippen LogP contribution in [-0.2, 0) is 0 Å². The van der Waals surface area contributed by atoms with E-state index in [-0.39, 0.29) is 5.82 Å². The minimum atomic E-state index is -0.201. The zero-order valence-corrected chi connectivity index (χ0v) is 9.79. The number of ether oxygens (including phenoxy) is 1. The van der Waals surface area contributed by atoms with Crippen molar-refractivity contribution in [2.75, 3.05) is 6.61 Å². The van der Waals surface area contributed by atoms with Crippen molar-refractivity contribution in [1.29, 1.82) is 0 Å². The molecule has 0 saturated heterocycles. The second kappa shape index (κ2) is 3.22. The lowest BCUT2D eigenvalue weighted by molar-refractivity contribution is 0.152. The average Bonchev–Trinajstić information content (AvgIpc) is 2.98. The Labute approximate surface area is 95.6 Å². The summed E-state index contributed by atoms with van der Waals surface area (Å²) < 4.78 is 18.9. The Bertz CT molecular complexity index is 421.